The van der Waals surface area contributed by atoms with Crippen molar-refractivity contribution < 1.29 is 0 Å². The van der Waals surface area contributed by atoms with E-state index in [1.807, 2.05) is 6.07 Å². The van der Waals surface area contributed by atoms with E-state index in [-0.39, 0.29) is 0 Å². The highest BCUT2D eigenvalue weighted by Gasteiger charge is 2.27. The van der Waals surface area contributed by atoms with Crippen LogP contribution in [0, 0.1) is 0 Å². The largest absolute Gasteiger partial charge is 0.315 e. The van der Waals surface area contributed by atoms with Crippen molar-refractivity contribution in [1.29, 1.82) is 0 Å². The lowest BCUT2D eigenvalue weighted by atomic mass is 9.89. The van der Waals surface area contributed by atoms with Gasteiger partial charge >= 0.3 is 0 Å². The normalized spacial score (nSPS) is 26.6. The van der Waals surface area contributed by atoms with Gasteiger partial charge in [0.15, 0.2) is 0 Å². The number of piperidine rings is 1. The van der Waals surface area contributed by atoms with Crippen LogP contribution in [-0.4, -0.2) is 37.1 Å². The van der Waals surface area contributed by atoms with Crippen molar-refractivity contribution >= 4 is 11.6 Å². The smallest absolute Gasteiger partial charge is 0.0408 e. The minimum atomic E-state index is 0.703. The standard InChI is InChI=1S/C15H21ClN2/c16-14-3-1-2-13(10-14)12-5-8-18(9-6-12)15-4-7-17-11-15/h1-3,10,12,15,17H,4-9,11H2. The summed E-state index contributed by atoms with van der Waals surface area (Å²) in [5.41, 5.74) is 1.42. The van der Waals surface area contributed by atoms with E-state index >= 15 is 0 Å². The average Bonchev–Trinajstić information content (AvgIpc) is 2.93. The van der Waals surface area contributed by atoms with Crippen LogP contribution in [0.2, 0.25) is 5.02 Å². The summed E-state index contributed by atoms with van der Waals surface area (Å²) in [6.45, 7) is 4.85. The summed E-state index contributed by atoms with van der Waals surface area (Å²) in [5, 5.41) is 4.33. The zero-order valence-electron chi connectivity index (χ0n) is 10.7. The molecule has 1 atom stereocenters. The molecular weight excluding hydrogens is 244 g/mol. The van der Waals surface area contributed by atoms with Gasteiger partial charge in [-0.05, 0) is 62.5 Å². The number of rotatable bonds is 2. The maximum absolute atomic E-state index is 6.08. The van der Waals surface area contributed by atoms with E-state index in [0.717, 1.165) is 11.1 Å². The van der Waals surface area contributed by atoms with Crippen LogP contribution in [0.1, 0.15) is 30.7 Å². The quantitative estimate of drug-likeness (QED) is 0.884. The van der Waals surface area contributed by atoms with Gasteiger partial charge in [0.25, 0.3) is 0 Å². The Hall–Kier alpha value is -0.570. The molecule has 0 radical (unpaired) electrons. The van der Waals surface area contributed by atoms with E-state index in [2.05, 4.69) is 28.4 Å². The molecule has 1 unspecified atom stereocenters. The third kappa shape index (κ3) is 2.71. The van der Waals surface area contributed by atoms with Gasteiger partial charge < -0.3 is 5.32 Å². The summed E-state index contributed by atoms with van der Waals surface area (Å²) < 4.78 is 0. The summed E-state index contributed by atoms with van der Waals surface area (Å²) >= 11 is 6.08. The lowest BCUT2D eigenvalue weighted by Crippen LogP contribution is -2.42. The molecule has 2 nitrogen and oxygen atoms in total. The van der Waals surface area contributed by atoms with Gasteiger partial charge in [0.05, 0.1) is 0 Å². The molecule has 0 amide bonds. The molecule has 3 heteroatoms. The summed E-state index contributed by atoms with van der Waals surface area (Å²) in [4.78, 5) is 2.67. The lowest BCUT2D eigenvalue weighted by molar-refractivity contribution is 0.161. The Morgan fingerprint density at radius 3 is 2.67 bits per heavy atom. The molecule has 1 aromatic rings. The van der Waals surface area contributed by atoms with Crippen molar-refractivity contribution in [3.8, 4) is 0 Å². The Morgan fingerprint density at radius 2 is 2.00 bits per heavy atom. The Bertz CT molecular complexity index is 393. The Morgan fingerprint density at radius 1 is 1.17 bits per heavy atom. The first kappa shape index (κ1) is 12.5. The summed E-state index contributed by atoms with van der Waals surface area (Å²) in [5.74, 6) is 0.703. The Kier molecular flexibility index (Phi) is 3.88. The average molecular weight is 265 g/mol. The molecule has 98 valence electrons. The molecular formula is C15H21ClN2. The molecule has 0 saturated carbocycles. The predicted molar refractivity (Wildman–Crippen MR) is 76.3 cm³/mol. The molecule has 2 aliphatic heterocycles. The number of likely N-dealkylation sites (tertiary alicyclic amines) is 1. The van der Waals surface area contributed by atoms with Gasteiger partial charge in [-0.25, -0.2) is 0 Å². The lowest BCUT2D eigenvalue weighted by Gasteiger charge is -2.35. The summed E-state index contributed by atoms with van der Waals surface area (Å²) in [6, 6.07) is 9.18. The molecule has 0 aromatic heterocycles. The molecule has 1 N–H and O–H groups in total. The summed E-state index contributed by atoms with van der Waals surface area (Å²) in [7, 11) is 0. The van der Waals surface area contributed by atoms with Crippen molar-refractivity contribution in [2.45, 2.75) is 31.2 Å². The maximum Gasteiger partial charge on any atom is 0.0408 e. The first-order chi connectivity index (χ1) is 8.83. The molecule has 0 bridgehead atoms. The predicted octanol–water partition coefficient (Wildman–Crippen LogP) is 2.88. The molecule has 2 aliphatic rings. The molecule has 0 aliphatic carbocycles. The van der Waals surface area contributed by atoms with Crippen LogP contribution in [0.25, 0.3) is 0 Å². The van der Waals surface area contributed by atoms with E-state index in [4.69, 9.17) is 11.6 Å². The fraction of sp³-hybridized carbons (Fsp3) is 0.600. The zero-order valence-corrected chi connectivity index (χ0v) is 11.5. The van der Waals surface area contributed by atoms with Gasteiger partial charge in [-0.3, -0.25) is 4.90 Å². The van der Waals surface area contributed by atoms with Gasteiger partial charge in [0, 0.05) is 17.6 Å². The minimum absolute atomic E-state index is 0.703. The van der Waals surface area contributed by atoms with Gasteiger partial charge in [0.2, 0.25) is 0 Å². The molecule has 2 heterocycles. The second-order valence-electron chi connectivity index (χ2n) is 5.51. The van der Waals surface area contributed by atoms with Crippen molar-refractivity contribution in [1.82, 2.24) is 10.2 Å². The maximum atomic E-state index is 6.08. The second kappa shape index (κ2) is 5.60. The van der Waals surface area contributed by atoms with Crippen LogP contribution in [0.4, 0.5) is 0 Å². The van der Waals surface area contributed by atoms with Crippen molar-refractivity contribution in [2.75, 3.05) is 26.2 Å². The van der Waals surface area contributed by atoms with Crippen molar-refractivity contribution in [3.05, 3.63) is 34.9 Å². The SMILES string of the molecule is Clc1cccc(C2CCN(C3CCNC3)CC2)c1. The first-order valence-electron chi connectivity index (χ1n) is 7.03. The van der Waals surface area contributed by atoms with Crippen LogP contribution in [0.15, 0.2) is 24.3 Å². The van der Waals surface area contributed by atoms with E-state index in [1.54, 1.807) is 0 Å². The van der Waals surface area contributed by atoms with E-state index < -0.39 is 0 Å². The highest BCUT2D eigenvalue weighted by Crippen LogP contribution is 2.30. The molecule has 0 spiro atoms. The van der Waals surface area contributed by atoms with Crippen LogP contribution < -0.4 is 5.32 Å². The number of benzene rings is 1. The van der Waals surface area contributed by atoms with Crippen LogP contribution in [-0.2, 0) is 0 Å². The molecule has 2 saturated heterocycles. The van der Waals surface area contributed by atoms with Gasteiger partial charge in [0.1, 0.15) is 0 Å². The number of hydrogen-bond acceptors (Lipinski definition) is 2. The zero-order chi connectivity index (χ0) is 12.4. The summed E-state index contributed by atoms with van der Waals surface area (Å²) in [6.07, 6.45) is 3.87. The van der Waals surface area contributed by atoms with Crippen molar-refractivity contribution in [3.63, 3.8) is 0 Å². The molecule has 2 fully saturated rings. The fourth-order valence-corrected chi connectivity index (χ4v) is 3.51. The topological polar surface area (TPSA) is 15.3 Å². The molecule has 18 heavy (non-hydrogen) atoms. The number of halogens is 1. The van der Waals surface area contributed by atoms with E-state index in [9.17, 15) is 0 Å². The molecule has 3 rings (SSSR count). The number of nitrogens with one attached hydrogen (secondary N) is 1. The van der Waals surface area contributed by atoms with E-state index in [1.165, 1.54) is 51.0 Å². The fourth-order valence-electron chi connectivity index (χ4n) is 3.31. The van der Waals surface area contributed by atoms with Crippen LogP contribution in [0.5, 0.6) is 0 Å². The van der Waals surface area contributed by atoms with E-state index in [0.29, 0.717) is 5.92 Å². The highest BCUT2D eigenvalue weighted by molar-refractivity contribution is 6.30. The van der Waals surface area contributed by atoms with Crippen molar-refractivity contribution in [2.24, 2.45) is 0 Å². The van der Waals surface area contributed by atoms with Crippen LogP contribution >= 0.6 is 11.6 Å². The minimum Gasteiger partial charge on any atom is -0.315 e. The number of nitrogens with zero attached hydrogens (tertiary/aromatic N) is 1. The van der Waals surface area contributed by atoms with Gasteiger partial charge in [-0.15, -0.1) is 0 Å². The Balaban J connectivity index is 1.59. The van der Waals surface area contributed by atoms with Gasteiger partial charge in [-0.1, -0.05) is 23.7 Å². The Labute approximate surface area is 114 Å². The monoisotopic (exact) mass is 264 g/mol. The van der Waals surface area contributed by atoms with Gasteiger partial charge in [-0.2, -0.15) is 0 Å². The first-order valence-corrected chi connectivity index (χ1v) is 7.41. The highest BCUT2D eigenvalue weighted by atomic mass is 35.5. The number of hydrogen-bond donors (Lipinski definition) is 1. The van der Waals surface area contributed by atoms with Crippen LogP contribution in [0.3, 0.4) is 0 Å². The molecule has 1 aromatic carbocycles. The third-order valence-corrected chi connectivity index (χ3v) is 4.64. The second-order valence-corrected chi connectivity index (χ2v) is 5.95. The third-order valence-electron chi connectivity index (χ3n) is 4.40.